The van der Waals surface area contributed by atoms with E-state index >= 15 is 0 Å². The Morgan fingerprint density at radius 1 is 1.03 bits per heavy atom. The quantitative estimate of drug-likeness (QED) is 0.600. The molecule has 164 valence electrons. The van der Waals surface area contributed by atoms with Crippen molar-refractivity contribution in [1.82, 2.24) is 5.32 Å². The molecule has 3 nitrogen and oxygen atoms in total. The summed E-state index contributed by atoms with van der Waals surface area (Å²) in [6, 6.07) is 6.70. The standard InChI is InChI=1S/C22H24F5NO2/c1-12-6-7-15(8-13(12)2)14(3)28-19(29)11-30-16-9-17(23)20(18(24)10-16)21(4,5)22(25,26)27/h6-10,14H,11H2,1-5H3,(H,28,29)/t14-/m1/s1. The molecule has 30 heavy (non-hydrogen) atoms. The highest BCUT2D eigenvalue weighted by atomic mass is 19.4. The molecule has 0 saturated heterocycles. The molecule has 2 aromatic carbocycles. The Morgan fingerprint density at radius 2 is 1.60 bits per heavy atom. The number of hydrogen-bond acceptors (Lipinski definition) is 2. The third-order valence-electron chi connectivity index (χ3n) is 5.13. The van der Waals surface area contributed by atoms with E-state index in [9.17, 15) is 26.7 Å². The summed E-state index contributed by atoms with van der Waals surface area (Å²) in [6.07, 6.45) is -4.85. The summed E-state index contributed by atoms with van der Waals surface area (Å²) >= 11 is 0. The van der Waals surface area contributed by atoms with Crippen LogP contribution in [0.1, 0.15) is 49.1 Å². The monoisotopic (exact) mass is 429 g/mol. The number of rotatable bonds is 6. The smallest absolute Gasteiger partial charge is 0.398 e. The molecule has 0 bridgehead atoms. The number of aryl methyl sites for hydroxylation is 2. The van der Waals surface area contributed by atoms with Crippen molar-refractivity contribution in [2.45, 2.75) is 52.3 Å². The molecule has 0 aliphatic heterocycles. The first-order valence-electron chi connectivity index (χ1n) is 9.29. The maximum atomic E-state index is 14.2. The summed E-state index contributed by atoms with van der Waals surface area (Å²) in [4.78, 5) is 12.1. The molecule has 0 spiro atoms. The summed E-state index contributed by atoms with van der Waals surface area (Å²) < 4.78 is 72.9. The molecule has 8 heteroatoms. The molecule has 0 unspecified atom stereocenters. The number of amides is 1. The van der Waals surface area contributed by atoms with Gasteiger partial charge < -0.3 is 10.1 Å². The van der Waals surface area contributed by atoms with Gasteiger partial charge in [-0.05, 0) is 51.3 Å². The Kier molecular flexibility index (Phi) is 6.79. The summed E-state index contributed by atoms with van der Waals surface area (Å²) in [5, 5.41) is 2.70. The van der Waals surface area contributed by atoms with Gasteiger partial charge in [-0.25, -0.2) is 8.78 Å². The second kappa shape index (κ2) is 8.62. The molecule has 2 rings (SSSR count). The van der Waals surface area contributed by atoms with E-state index in [2.05, 4.69) is 5.32 Å². The average molecular weight is 429 g/mol. The zero-order chi connectivity index (χ0) is 22.9. The van der Waals surface area contributed by atoms with Crippen LogP contribution in [0, 0.1) is 25.5 Å². The zero-order valence-electron chi connectivity index (χ0n) is 17.4. The topological polar surface area (TPSA) is 38.3 Å². The van der Waals surface area contributed by atoms with Crippen LogP contribution in [0.4, 0.5) is 22.0 Å². The Morgan fingerprint density at radius 3 is 2.10 bits per heavy atom. The van der Waals surface area contributed by atoms with Crippen molar-refractivity contribution >= 4 is 5.91 Å². The van der Waals surface area contributed by atoms with Gasteiger partial charge in [-0.3, -0.25) is 4.79 Å². The third-order valence-corrected chi connectivity index (χ3v) is 5.13. The fourth-order valence-corrected chi connectivity index (χ4v) is 2.92. The number of carbonyl (C=O) groups excluding carboxylic acids is 1. The molecule has 0 heterocycles. The zero-order valence-corrected chi connectivity index (χ0v) is 17.4. The van der Waals surface area contributed by atoms with E-state index in [1.807, 2.05) is 32.0 Å². The van der Waals surface area contributed by atoms with Gasteiger partial charge >= 0.3 is 6.18 Å². The van der Waals surface area contributed by atoms with Crippen LogP contribution in [-0.4, -0.2) is 18.7 Å². The molecule has 1 atom stereocenters. The first-order valence-corrected chi connectivity index (χ1v) is 9.29. The largest absolute Gasteiger partial charge is 0.484 e. The minimum Gasteiger partial charge on any atom is -0.484 e. The Balaban J connectivity index is 2.07. The van der Waals surface area contributed by atoms with Crippen molar-refractivity contribution in [3.8, 4) is 5.75 Å². The van der Waals surface area contributed by atoms with E-state index in [4.69, 9.17) is 4.74 Å². The molecule has 0 aromatic heterocycles. The molecule has 0 aliphatic rings. The van der Waals surface area contributed by atoms with Crippen molar-refractivity contribution in [2.24, 2.45) is 0 Å². The Hall–Kier alpha value is -2.64. The lowest BCUT2D eigenvalue weighted by molar-refractivity contribution is -0.181. The lowest BCUT2D eigenvalue weighted by Crippen LogP contribution is -2.38. The highest BCUT2D eigenvalue weighted by Gasteiger charge is 2.51. The van der Waals surface area contributed by atoms with E-state index in [1.54, 1.807) is 6.92 Å². The van der Waals surface area contributed by atoms with Gasteiger partial charge in [0.1, 0.15) is 17.4 Å². The van der Waals surface area contributed by atoms with Crippen LogP contribution in [0.3, 0.4) is 0 Å². The maximum absolute atomic E-state index is 14.2. The molecule has 0 saturated carbocycles. The van der Waals surface area contributed by atoms with Crippen molar-refractivity contribution in [2.75, 3.05) is 6.61 Å². The minimum atomic E-state index is -4.85. The van der Waals surface area contributed by atoms with Crippen molar-refractivity contribution in [1.29, 1.82) is 0 Å². The number of benzene rings is 2. The van der Waals surface area contributed by atoms with Crippen LogP contribution in [0.25, 0.3) is 0 Å². The molecule has 0 aliphatic carbocycles. The number of hydrogen-bond donors (Lipinski definition) is 1. The second-order valence-corrected chi connectivity index (χ2v) is 7.81. The highest BCUT2D eigenvalue weighted by molar-refractivity contribution is 5.78. The van der Waals surface area contributed by atoms with Gasteiger partial charge in [0.15, 0.2) is 6.61 Å². The second-order valence-electron chi connectivity index (χ2n) is 7.81. The maximum Gasteiger partial charge on any atom is 0.398 e. The van der Waals surface area contributed by atoms with Gasteiger partial charge in [0, 0.05) is 17.7 Å². The Bertz CT molecular complexity index is 915. The average Bonchev–Trinajstić information content (AvgIpc) is 2.60. The SMILES string of the molecule is Cc1ccc([C@@H](C)NC(=O)COc2cc(F)c(C(C)(C)C(F)(F)F)c(F)c2)cc1C. The van der Waals surface area contributed by atoms with E-state index in [1.165, 1.54) is 0 Å². The summed E-state index contributed by atoms with van der Waals surface area (Å²) in [5.41, 5.74) is -0.768. The first kappa shape index (κ1) is 23.6. The Labute approximate surface area is 172 Å². The molecular formula is C22H24F5NO2. The molecule has 0 radical (unpaired) electrons. The van der Waals surface area contributed by atoms with Crippen molar-refractivity contribution < 1.29 is 31.5 Å². The molecule has 1 N–H and O–H groups in total. The summed E-state index contributed by atoms with van der Waals surface area (Å²) in [5.74, 6) is -3.70. The van der Waals surface area contributed by atoms with E-state index < -0.39 is 41.3 Å². The summed E-state index contributed by atoms with van der Waals surface area (Å²) in [7, 11) is 0. The van der Waals surface area contributed by atoms with E-state index in [0.29, 0.717) is 26.0 Å². The van der Waals surface area contributed by atoms with E-state index in [0.717, 1.165) is 16.7 Å². The number of alkyl halides is 3. The van der Waals surface area contributed by atoms with Crippen LogP contribution in [0.2, 0.25) is 0 Å². The normalized spacial score (nSPS) is 13.1. The predicted octanol–water partition coefficient (Wildman–Crippen LogP) is 5.68. The van der Waals surface area contributed by atoms with Crippen molar-refractivity contribution in [3.05, 3.63) is 64.2 Å². The molecule has 0 fully saturated rings. The highest BCUT2D eigenvalue weighted by Crippen LogP contribution is 2.43. The minimum absolute atomic E-state index is 0.330. The van der Waals surface area contributed by atoms with Gasteiger partial charge in [0.05, 0.1) is 11.5 Å². The van der Waals surface area contributed by atoms with Crippen LogP contribution in [0.5, 0.6) is 5.75 Å². The van der Waals surface area contributed by atoms with Crippen LogP contribution < -0.4 is 10.1 Å². The number of nitrogens with one attached hydrogen (secondary N) is 1. The predicted molar refractivity (Wildman–Crippen MR) is 103 cm³/mol. The fourth-order valence-electron chi connectivity index (χ4n) is 2.92. The van der Waals surface area contributed by atoms with Gasteiger partial charge in [0.2, 0.25) is 0 Å². The number of carbonyl (C=O) groups is 1. The lowest BCUT2D eigenvalue weighted by Gasteiger charge is -2.29. The molecule has 1 amide bonds. The van der Waals surface area contributed by atoms with Crippen LogP contribution >= 0.6 is 0 Å². The van der Waals surface area contributed by atoms with Gasteiger partial charge in [-0.15, -0.1) is 0 Å². The number of ether oxygens (including phenoxy) is 1. The van der Waals surface area contributed by atoms with Crippen LogP contribution in [-0.2, 0) is 10.2 Å². The van der Waals surface area contributed by atoms with Crippen LogP contribution in [0.15, 0.2) is 30.3 Å². The van der Waals surface area contributed by atoms with Gasteiger partial charge in [-0.2, -0.15) is 13.2 Å². The third kappa shape index (κ3) is 5.09. The van der Waals surface area contributed by atoms with Crippen molar-refractivity contribution in [3.63, 3.8) is 0 Å². The summed E-state index contributed by atoms with van der Waals surface area (Å²) in [6.45, 7) is 6.53. The molecule has 2 aromatic rings. The van der Waals surface area contributed by atoms with E-state index in [-0.39, 0.29) is 11.8 Å². The van der Waals surface area contributed by atoms with Gasteiger partial charge in [-0.1, -0.05) is 18.2 Å². The molecular weight excluding hydrogens is 405 g/mol. The first-order chi connectivity index (χ1) is 13.7. The van der Waals surface area contributed by atoms with Gasteiger partial charge in [0.25, 0.3) is 5.91 Å². The fraction of sp³-hybridized carbons (Fsp3) is 0.409. The number of halogens is 5. The lowest BCUT2D eigenvalue weighted by atomic mass is 9.83.